The van der Waals surface area contributed by atoms with Crippen LogP contribution < -0.4 is 21.3 Å². The van der Waals surface area contributed by atoms with Gasteiger partial charge in [0, 0.05) is 24.1 Å². The van der Waals surface area contributed by atoms with Crippen LogP contribution in [0.2, 0.25) is 0 Å². The first-order chi connectivity index (χ1) is 24.0. The minimum absolute atomic E-state index is 0.0363. The normalized spacial score (nSPS) is 25.1. The fourth-order valence-electron chi connectivity index (χ4n) is 6.65. The molecule has 264 valence electrons. The van der Waals surface area contributed by atoms with E-state index in [1.165, 1.54) is 12.1 Å². The van der Waals surface area contributed by atoms with Gasteiger partial charge in [0.2, 0.25) is 11.8 Å². The zero-order valence-electron chi connectivity index (χ0n) is 29.2. The number of fused-ring (bicyclic) bond motifs is 1. The smallest absolute Gasteiger partial charge is 0.336 e. The average molecular weight is 691 g/mol. The van der Waals surface area contributed by atoms with Crippen LogP contribution in [0, 0.1) is 11.3 Å². The van der Waals surface area contributed by atoms with Gasteiger partial charge in [-0.3, -0.25) is 19.2 Å². The van der Waals surface area contributed by atoms with E-state index >= 15 is 0 Å². The van der Waals surface area contributed by atoms with Gasteiger partial charge in [-0.05, 0) is 89.4 Å². The molecule has 5 atom stereocenters. The van der Waals surface area contributed by atoms with E-state index in [1.54, 1.807) is 62.4 Å². The van der Waals surface area contributed by atoms with Gasteiger partial charge in [-0.1, -0.05) is 63.3 Å². The number of hydrogen-bond acceptors (Lipinski definition) is 6. The fraction of sp³-hybridized carbons (Fsp3) is 0.325. The van der Waals surface area contributed by atoms with Crippen molar-refractivity contribution in [2.24, 2.45) is 11.3 Å². The average Bonchev–Trinajstić information content (AvgIpc) is 3.08. The number of aliphatic hydroxyl groups is 1. The summed E-state index contributed by atoms with van der Waals surface area (Å²) in [7, 11) is 0. The molecule has 0 bridgehead atoms. The zero-order valence-corrected chi connectivity index (χ0v) is 29.2. The predicted molar refractivity (Wildman–Crippen MR) is 192 cm³/mol. The van der Waals surface area contributed by atoms with E-state index in [2.05, 4.69) is 54.2 Å². The van der Waals surface area contributed by atoms with Crippen LogP contribution in [0.3, 0.4) is 0 Å². The number of aromatic carboxylic acids is 1. The Balaban J connectivity index is 1.10. The molecule has 3 aromatic carbocycles. The maximum Gasteiger partial charge on any atom is 0.336 e. The second kappa shape index (κ2) is 13.3. The maximum absolute atomic E-state index is 13.3. The highest BCUT2D eigenvalue weighted by Gasteiger charge is 2.40. The summed E-state index contributed by atoms with van der Waals surface area (Å²) in [6, 6.07) is 14.2. The van der Waals surface area contributed by atoms with E-state index in [0.717, 1.165) is 11.1 Å². The first-order valence-corrected chi connectivity index (χ1v) is 17.0. The highest BCUT2D eigenvalue weighted by atomic mass is 16.4. The van der Waals surface area contributed by atoms with Gasteiger partial charge in [0.1, 0.15) is 17.7 Å². The molecule has 0 radical (unpaired) electrons. The standard InChI is InChI=1S/C40H42N4O7/c1-21-16-24(14-15-39(21,3)4)18-33-37(48)43-32(36(47)44-33)17-23-6-10-27(11-7-23)42-34(45)28-12-8-25(19-30(28)38(49)50)26-9-13-29-31(20-26)40(5,51)22(2)41-35(29)46/h6-16,19-22,32-33,51H,17-18H2,1-5H3,(H,41,46)(H,42,45)(H,43,48)(H,44,47)(H,49,50). The molecule has 5 unspecified atom stereocenters. The zero-order chi connectivity index (χ0) is 36.8. The lowest BCUT2D eigenvalue weighted by molar-refractivity contribution is -0.136. The third-order valence-corrected chi connectivity index (χ3v) is 10.6. The molecule has 6 rings (SSSR count). The van der Waals surface area contributed by atoms with E-state index < -0.39 is 35.6 Å². The van der Waals surface area contributed by atoms with Crippen LogP contribution in [-0.4, -0.2) is 57.9 Å². The van der Waals surface area contributed by atoms with Gasteiger partial charge in [-0.2, -0.15) is 0 Å². The summed E-state index contributed by atoms with van der Waals surface area (Å²) in [5, 5.41) is 32.3. The number of carboxylic acid groups (broad SMARTS) is 1. The van der Waals surface area contributed by atoms with Crippen LogP contribution in [-0.2, 0) is 21.6 Å². The van der Waals surface area contributed by atoms with E-state index in [-0.39, 0.29) is 40.7 Å². The lowest BCUT2D eigenvalue weighted by atomic mass is 9.75. The molecule has 2 aliphatic heterocycles. The SMILES string of the molecule is CC1C=C(CC2NC(=O)C(Cc3ccc(NC(=O)c4ccc(-c5ccc6c(c5)C(C)(O)C(C)NC6=O)cc4C(=O)O)cc3)NC2=O)C=CC1(C)C. The summed E-state index contributed by atoms with van der Waals surface area (Å²) in [5.74, 6) is -2.43. The number of piperazine rings is 1. The van der Waals surface area contributed by atoms with Crippen LogP contribution in [0.4, 0.5) is 5.69 Å². The Morgan fingerprint density at radius 3 is 2.08 bits per heavy atom. The van der Waals surface area contributed by atoms with E-state index in [9.17, 15) is 34.2 Å². The molecule has 1 saturated heterocycles. The van der Waals surface area contributed by atoms with Crippen molar-refractivity contribution < 1.29 is 34.2 Å². The molecule has 11 nitrogen and oxygen atoms in total. The van der Waals surface area contributed by atoms with Crippen molar-refractivity contribution in [2.75, 3.05) is 5.32 Å². The van der Waals surface area contributed by atoms with Gasteiger partial charge in [0.25, 0.3) is 11.8 Å². The molecule has 6 N–H and O–H groups in total. The largest absolute Gasteiger partial charge is 0.478 e. The second-order valence-electron chi connectivity index (χ2n) is 14.5. The van der Waals surface area contributed by atoms with Gasteiger partial charge in [0.15, 0.2) is 0 Å². The third-order valence-electron chi connectivity index (χ3n) is 10.6. The number of carbonyl (C=O) groups excluding carboxylic acids is 4. The Bertz CT molecular complexity index is 2010. The number of hydrogen-bond donors (Lipinski definition) is 6. The highest BCUT2D eigenvalue weighted by molar-refractivity contribution is 6.11. The highest BCUT2D eigenvalue weighted by Crippen LogP contribution is 2.36. The molecule has 3 aliphatic rings. The van der Waals surface area contributed by atoms with E-state index in [4.69, 9.17) is 0 Å². The number of anilines is 1. The topological polar surface area (TPSA) is 174 Å². The number of benzene rings is 3. The quantitative estimate of drug-likeness (QED) is 0.198. The van der Waals surface area contributed by atoms with E-state index in [1.807, 2.05) is 6.08 Å². The lowest BCUT2D eigenvalue weighted by Gasteiger charge is -2.37. The van der Waals surface area contributed by atoms with E-state index in [0.29, 0.717) is 40.3 Å². The van der Waals surface area contributed by atoms with Crippen molar-refractivity contribution in [3.63, 3.8) is 0 Å². The minimum atomic E-state index is -1.34. The molecule has 2 heterocycles. The monoisotopic (exact) mass is 690 g/mol. The van der Waals surface area contributed by atoms with Gasteiger partial charge < -0.3 is 31.5 Å². The summed E-state index contributed by atoms with van der Waals surface area (Å²) >= 11 is 0. The number of rotatable bonds is 8. The molecular formula is C40H42N4O7. The summed E-state index contributed by atoms with van der Waals surface area (Å²) in [6.07, 6.45) is 6.97. The Morgan fingerprint density at radius 1 is 0.804 bits per heavy atom. The molecule has 1 fully saturated rings. The summed E-state index contributed by atoms with van der Waals surface area (Å²) in [5.41, 5.74) is 2.45. The third kappa shape index (κ3) is 7.07. The van der Waals surface area contributed by atoms with Crippen molar-refractivity contribution in [2.45, 2.75) is 71.2 Å². The summed E-state index contributed by atoms with van der Waals surface area (Å²) in [6.45, 7) is 9.76. The van der Waals surface area contributed by atoms with Crippen molar-refractivity contribution in [3.05, 3.63) is 112 Å². The van der Waals surface area contributed by atoms with Gasteiger partial charge >= 0.3 is 5.97 Å². The van der Waals surface area contributed by atoms with Crippen LogP contribution >= 0.6 is 0 Å². The molecule has 0 aromatic heterocycles. The Hall–Kier alpha value is -5.55. The van der Waals surface area contributed by atoms with Crippen molar-refractivity contribution in [1.29, 1.82) is 0 Å². The molecule has 4 amide bonds. The number of carboxylic acids is 1. The van der Waals surface area contributed by atoms with Crippen molar-refractivity contribution >= 4 is 35.3 Å². The molecule has 0 saturated carbocycles. The Kier molecular flexibility index (Phi) is 9.20. The van der Waals surface area contributed by atoms with Crippen LogP contribution in [0.1, 0.15) is 83.2 Å². The summed E-state index contributed by atoms with van der Waals surface area (Å²) in [4.78, 5) is 63.9. The molecule has 3 aromatic rings. The van der Waals surface area contributed by atoms with Crippen LogP contribution in [0.15, 0.2) is 84.5 Å². The number of amides is 4. The van der Waals surface area contributed by atoms with Gasteiger partial charge in [-0.25, -0.2) is 4.79 Å². The Labute approximate surface area is 296 Å². The van der Waals surface area contributed by atoms with Crippen LogP contribution in [0.5, 0.6) is 0 Å². The fourth-order valence-corrected chi connectivity index (χ4v) is 6.65. The predicted octanol–water partition coefficient (Wildman–Crippen LogP) is 4.72. The molecule has 0 spiro atoms. The second-order valence-corrected chi connectivity index (χ2v) is 14.5. The first-order valence-electron chi connectivity index (χ1n) is 17.0. The lowest BCUT2D eigenvalue weighted by Crippen LogP contribution is -2.62. The number of allylic oxidation sites excluding steroid dienone is 3. The minimum Gasteiger partial charge on any atom is -0.478 e. The maximum atomic E-state index is 13.3. The van der Waals surface area contributed by atoms with Gasteiger partial charge in [-0.15, -0.1) is 0 Å². The number of nitrogens with one attached hydrogen (secondary N) is 4. The first kappa shape index (κ1) is 35.3. The molecular weight excluding hydrogens is 648 g/mol. The molecule has 11 heteroatoms. The van der Waals surface area contributed by atoms with Crippen molar-refractivity contribution in [3.8, 4) is 11.1 Å². The number of carbonyl (C=O) groups is 5. The van der Waals surface area contributed by atoms with Gasteiger partial charge in [0.05, 0.1) is 17.2 Å². The molecule has 51 heavy (non-hydrogen) atoms. The Morgan fingerprint density at radius 2 is 1.43 bits per heavy atom. The van der Waals surface area contributed by atoms with Crippen LogP contribution in [0.25, 0.3) is 11.1 Å². The van der Waals surface area contributed by atoms with Crippen molar-refractivity contribution in [1.82, 2.24) is 16.0 Å². The molecule has 1 aliphatic carbocycles. The summed E-state index contributed by atoms with van der Waals surface area (Å²) < 4.78 is 0.